The van der Waals surface area contributed by atoms with Crippen LogP contribution in [0.3, 0.4) is 0 Å². The van der Waals surface area contributed by atoms with Gasteiger partial charge >= 0.3 is 0 Å². The van der Waals surface area contributed by atoms with Crippen LogP contribution in [0.5, 0.6) is 0 Å². The van der Waals surface area contributed by atoms with Crippen LogP contribution in [-0.2, 0) is 29.1 Å². The third kappa shape index (κ3) is 4.51. The number of aryl methyl sites for hydroxylation is 2. The number of benzene rings is 1. The van der Waals surface area contributed by atoms with Gasteiger partial charge < -0.3 is 4.57 Å². The van der Waals surface area contributed by atoms with Gasteiger partial charge in [-0.2, -0.15) is 0 Å². The summed E-state index contributed by atoms with van der Waals surface area (Å²) in [5.41, 5.74) is 0.834. The minimum absolute atomic E-state index is 0.0940. The highest BCUT2D eigenvalue weighted by Crippen LogP contribution is 2.17. The molecule has 0 saturated carbocycles. The van der Waals surface area contributed by atoms with Gasteiger partial charge in [0, 0.05) is 19.3 Å². The van der Waals surface area contributed by atoms with Crippen molar-refractivity contribution in [2.24, 2.45) is 7.05 Å². The minimum atomic E-state index is -3.37. The maximum absolute atomic E-state index is 13.4. The smallest absolute Gasteiger partial charge is 0.250 e. The molecule has 0 saturated heterocycles. The lowest BCUT2D eigenvalue weighted by atomic mass is 10.2. The zero-order valence-corrected chi connectivity index (χ0v) is 14.3. The van der Waals surface area contributed by atoms with Crippen molar-refractivity contribution in [3.05, 3.63) is 68.3 Å². The Bertz CT molecular complexity index is 846. The van der Waals surface area contributed by atoms with Crippen LogP contribution in [0.15, 0.2) is 45.8 Å². The van der Waals surface area contributed by atoms with Gasteiger partial charge in [0.2, 0.25) is 0 Å². The molecule has 0 radical (unpaired) electrons. The van der Waals surface area contributed by atoms with Crippen LogP contribution >= 0.6 is 15.9 Å². The Hall–Kier alpha value is -1.47. The normalized spacial score (nSPS) is 11.6. The van der Waals surface area contributed by atoms with E-state index in [1.165, 1.54) is 22.9 Å². The molecular formula is C15H15BrFNO3S. The molecule has 0 unspecified atom stereocenters. The highest BCUT2D eigenvalue weighted by Gasteiger charge is 2.13. The van der Waals surface area contributed by atoms with Gasteiger partial charge in [-0.25, -0.2) is 12.8 Å². The molecular weight excluding hydrogens is 373 g/mol. The number of halogens is 2. The SMILES string of the molecule is Cn1ccc(CS(=O)(=O)CCc2ccc(Br)c(F)c2)cc1=O. The van der Waals surface area contributed by atoms with Crippen molar-refractivity contribution >= 4 is 25.8 Å². The van der Waals surface area contributed by atoms with Gasteiger partial charge in [-0.1, -0.05) is 6.07 Å². The molecule has 0 spiro atoms. The van der Waals surface area contributed by atoms with Crippen molar-refractivity contribution in [3.8, 4) is 0 Å². The van der Waals surface area contributed by atoms with Crippen molar-refractivity contribution in [2.45, 2.75) is 12.2 Å². The van der Waals surface area contributed by atoms with Crippen LogP contribution in [0.4, 0.5) is 4.39 Å². The highest BCUT2D eigenvalue weighted by atomic mass is 79.9. The molecule has 0 aliphatic heterocycles. The van der Waals surface area contributed by atoms with E-state index in [1.54, 1.807) is 25.2 Å². The summed E-state index contributed by atoms with van der Waals surface area (Å²) in [4.78, 5) is 11.5. The predicted octanol–water partition coefficient (Wildman–Crippen LogP) is 2.44. The summed E-state index contributed by atoms with van der Waals surface area (Å²) >= 11 is 3.05. The van der Waals surface area contributed by atoms with E-state index in [0.29, 0.717) is 15.6 Å². The number of pyridine rings is 1. The van der Waals surface area contributed by atoms with Crippen LogP contribution in [-0.4, -0.2) is 18.7 Å². The lowest BCUT2D eigenvalue weighted by Crippen LogP contribution is -2.17. The van der Waals surface area contributed by atoms with E-state index in [2.05, 4.69) is 15.9 Å². The third-order valence-corrected chi connectivity index (χ3v) is 5.48. The molecule has 7 heteroatoms. The van der Waals surface area contributed by atoms with Crippen molar-refractivity contribution in [3.63, 3.8) is 0 Å². The summed E-state index contributed by atoms with van der Waals surface area (Å²) in [6, 6.07) is 7.48. The van der Waals surface area contributed by atoms with Gasteiger partial charge in [0.1, 0.15) is 5.82 Å². The second-order valence-electron chi connectivity index (χ2n) is 5.07. The zero-order chi connectivity index (χ0) is 16.3. The average molecular weight is 388 g/mol. The summed E-state index contributed by atoms with van der Waals surface area (Å²) in [7, 11) is -1.77. The fourth-order valence-corrected chi connectivity index (χ4v) is 3.60. The lowest BCUT2D eigenvalue weighted by molar-refractivity contribution is 0.593. The number of aromatic nitrogens is 1. The molecule has 0 aliphatic rings. The topological polar surface area (TPSA) is 56.1 Å². The van der Waals surface area contributed by atoms with E-state index in [9.17, 15) is 17.6 Å². The monoisotopic (exact) mass is 387 g/mol. The number of rotatable bonds is 5. The number of hydrogen-bond donors (Lipinski definition) is 0. The summed E-state index contributed by atoms with van der Waals surface area (Å²) in [6.45, 7) is 0. The number of hydrogen-bond acceptors (Lipinski definition) is 3. The second-order valence-corrected chi connectivity index (χ2v) is 8.11. The third-order valence-electron chi connectivity index (χ3n) is 3.24. The highest BCUT2D eigenvalue weighted by molar-refractivity contribution is 9.10. The first-order chi connectivity index (χ1) is 10.3. The Morgan fingerprint density at radius 2 is 1.91 bits per heavy atom. The van der Waals surface area contributed by atoms with E-state index >= 15 is 0 Å². The van der Waals surface area contributed by atoms with Gasteiger partial charge in [0.15, 0.2) is 9.84 Å². The minimum Gasteiger partial charge on any atom is -0.319 e. The van der Waals surface area contributed by atoms with Gasteiger partial charge in [-0.3, -0.25) is 4.79 Å². The van der Waals surface area contributed by atoms with Gasteiger partial charge in [0.05, 0.1) is 16.0 Å². The Balaban J connectivity index is 2.06. The Kier molecular flexibility index (Phi) is 5.18. The first-order valence-corrected chi connectivity index (χ1v) is 9.18. The molecule has 1 heterocycles. The Labute approximate surface area is 136 Å². The van der Waals surface area contributed by atoms with Crippen LogP contribution in [0.2, 0.25) is 0 Å². The van der Waals surface area contributed by atoms with E-state index in [1.807, 2.05) is 0 Å². The number of nitrogens with zero attached hydrogens (tertiary/aromatic N) is 1. The Morgan fingerprint density at radius 3 is 2.55 bits per heavy atom. The van der Waals surface area contributed by atoms with E-state index in [4.69, 9.17) is 0 Å². The molecule has 0 N–H and O–H groups in total. The van der Waals surface area contributed by atoms with E-state index < -0.39 is 15.7 Å². The second kappa shape index (κ2) is 6.75. The molecule has 1 aromatic heterocycles. The van der Waals surface area contributed by atoms with Gasteiger partial charge in [-0.15, -0.1) is 0 Å². The van der Waals surface area contributed by atoms with Crippen molar-refractivity contribution in [2.75, 3.05) is 5.75 Å². The maximum Gasteiger partial charge on any atom is 0.250 e. The molecule has 0 atom stereocenters. The van der Waals surface area contributed by atoms with Crippen LogP contribution in [0.1, 0.15) is 11.1 Å². The van der Waals surface area contributed by atoms with Crippen LogP contribution < -0.4 is 5.56 Å². The average Bonchev–Trinajstić information content (AvgIpc) is 2.44. The van der Waals surface area contributed by atoms with Gasteiger partial charge in [-0.05, 0) is 51.7 Å². The Morgan fingerprint density at radius 1 is 1.18 bits per heavy atom. The fraction of sp³-hybridized carbons (Fsp3) is 0.267. The molecule has 0 bridgehead atoms. The molecule has 2 aromatic rings. The van der Waals surface area contributed by atoms with Crippen LogP contribution in [0.25, 0.3) is 0 Å². The first kappa shape index (κ1) is 16.9. The first-order valence-electron chi connectivity index (χ1n) is 6.57. The molecule has 0 aliphatic carbocycles. The van der Waals surface area contributed by atoms with Crippen molar-refractivity contribution in [1.29, 1.82) is 0 Å². The van der Waals surface area contributed by atoms with Crippen molar-refractivity contribution < 1.29 is 12.8 Å². The van der Waals surface area contributed by atoms with E-state index in [-0.39, 0.29) is 23.5 Å². The summed E-state index contributed by atoms with van der Waals surface area (Å²) in [5.74, 6) is -0.702. The molecule has 0 fully saturated rings. The van der Waals surface area contributed by atoms with Crippen LogP contribution in [0, 0.1) is 5.82 Å². The quantitative estimate of drug-likeness (QED) is 0.791. The molecule has 0 amide bonds. The largest absolute Gasteiger partial charge is 0.319 e. The molecule has 2 rings (SSSR count). The van der Waals surface area contributed by atoms with Gasteiger partial charge in [0.25, 0.3) is 5.56 Å². The summed E-state index contributed by atoms with van der Waals surface area (Å²) < 4.78 is 39.3. The summed E-state index contributed by atoms with van der Waals surface area (Å²) in [6.07, 6.45) is 1.77. The molecule has 22 heavy (non-hydrogen) atoms. The number of sulfone groups is 1. The maximum atomic E-state index is 13.4. The summed E-state index contributed by atoms with van der Waals surface area (Å²) in [5, 5.41) is 0. The fourth-order valence-electron chi connectivity index (χ4n) is 1.97. The lowest BCUT2D eigenvalue weighted by Gasteiger charge is -2.06. The zero-order valence-electron chi connectivity index (χ0n) is 11.9. The molecule has 1 aromatic carbocycles. The van der Waals surface area contributed by atoms with Crippen molar-refractivity contribution in [1.82, 2.24) is 4.57 Å². The standard InChI is InChI=1S/C15H15BrFNO3S/c1-18-6-4-12(9-15(18)19)10-22(20,21)7-5-11-2-3-13(16)14(17)8-11/h2-4,6,8-9H,5,7,10H2,1H3. The molecule has 118 valence electrons. The van der Waals surface area contributed by atoms with E-state index in [0.717, 1.165) is 0 Å². The predicted molar refractivity (Wildman–Crippen MR) is 87.0 cm³/mol. The molecule has 4 nitrogen and oxygen atoms in total.